The van der Waals surface area contributed by atoms with Crippen LogP contribution in [0.1, 0.15) is 80.1 Å². The Morgan fingerprint density at radius 2 is 1.10 bits per heavy atom. The molecule has 0 amide bonds. The average Bonchev–Trinajstić information content (AvgIpc) is 2.52. The van der Waals surface area contributed by atoms with Gasteiger partial charge in [-0.1, -0.05) is 54.4 Å². The molecule has 0 saturated carbocycles. The summed E-state index contributed by atoms with van der Waals surface area (Å²) in [6, 6.07) is 2.36. The van der Waals surface area contributed by atoms with Gasteiger partial charge in [0.05, 0.1) is 0 Å². The first-order chi connectivity index (χ1) is 10.0. The molecule has 0 fully saturated rings. The molecule has 0 aliphatic rings. The normalized spacial score (nSPS) is 15.1. The molecule has 0 heterocycles. The largest absolute Gasteiger partial charge is 0.394 e. The summed E-state index contributed by atoms with van der Waals surface area (Å²) in [4.78, 5) is 0. The van der Waals surface area contributed by atoms with Crippen LogP contribution in [0, 0.1) is 11.8 Å². The summed E-state index contributed by atoms with van der Waals surface area (Å²) < 4.78 is 12.8. The lowest BCUT2D eigenvalue weighted by molar-refractivity contribution is 0.162. The average molecular weight is 317 g/mol. The van der Waals surface area contributed by atoms with Gasteiger partial charge >= 0.3 is 8.56 Å². The highest BCUT2D eigenvalue weighted by Crippen LogP contribution is 2.29. The van der Waals surface area contributed by atoms with Crippen molar-refractivity contribution in [3.63, 3.8) is 0 Å². The number of rotatable bonds is 14. The molecule has 0 aromatic heterocycles. The molecule has 21 heavy (non-hydrogen) atoms. The van der Waals surface area contributed by atoms with Crippen molar-refractivity contribution in [2.45, 2.75) is 92.2 Å². The molecule has 0 bridgehead atoms. The SMILES string of the molecule is CCCO[Si](CCC(C)CC)(CCC(C)CC)OCCC. The van der Waals surface area contributed by atoms with E-state index in [-0.39, 0.29) is 0 Å². The zero-order valence-corrected chi connectivity index (χ0v) is 16.5. The predicted molar refractivity (Wildman–Crippen MR) is 96.0 cm³/mol. The minimum absolute atomic E-state index is 0.788. The smallest absolute Gasteiger partial charge is 0.338 e. The lowest BCUT2D eigenvalue weighted by atomic mass is 10.1. The monoisotopic (exact) mass is 316 g/mol. The van der Waals surface area contributed by atoms with Crippen LogP contribution < -0.4 is 0 Å². The fourth-order valence-corrected chi connectivity index (χ4v) is 6.30. The molecule has 0 radical (unpaired) electrons. The summed E-state index contributed by atoms with van der Waals surface area (Å²) in [5.74, 6) is 1.58. The van der Waals surface area contributed by atoms with E-state index in [2.05, 4.69) is 41.5 Å². The Kier molecular flexibility index (Phi) is 12.7. The number of hydrogen-bond acceptors (Lipinski definition) is 2. The molecule has 0 spiro atoms. The van der Waals surface area contributed by atoms with Gasteiger partial charge in [-0.3, -0.25) is 0 Å². The van der Waals surface area contributed by atoms with Crippen LogP contribution in [0.2, 0.25) is 12.1 Å². The van der Waals surface area contributed by atoms with Gasteiger partial charge in [0.1, 0.15) is 0 Å². The third-order valence-corrected chi connectivity index (χ3v) is 8.13. The van der Waals surface area contributed by atoms with Crippen molar-refractivity contribution in [2.24, 2.45) is 11.8 Å². The van der Waals surface area contributed by atoms with E-state index in [0.29, 0.717) is 0 Å². The third-order valence-electron chi connectivity index (χ3n) is 4.57. The Morgan fingerprint density at radius 3 is 1.38 bits per heavy atom. The first-order valence-corrected chi connectivity index (χ1v) is 11.5. The van der Waals surface area contributed by atoms with Gasteiger partial charge in [0.2, 0.25) is 0 Å². The van der Waals surface area contributed by atoms with Crippen LogP contribution in [0.4, 0.5) is 0 Å². The van der Waals surface area contributed by atoms with Crippen molar-refractivity contribution < 1.29 is 8.85 Å². The van der Waals surface area contributed by atoms with E-state index in [0.717, 1.165) is 37.9 Å². The molecular weight excluding hydrogens is 276 g/mol. The standard InChI is InChI=1S/C18H40O2Si/c1-7-13-19-21(20-14-8-2,15-11-17(5)9-3)16-12-18(6)10-4/h17-18H,7-16H2,1-6H3. The van der Waals surface area contributed by atoms with Crippen molar-refractivity contribution >= 4 is 8.56 Å². The molecule has 2 atom stereocenters. The Labute approximate surface area is 135 Å². The molecule has 2 unspecified atom stereocenters. The second-order valence-corrected chi connectivity index (χ2v) is 10.1. The van der Waals surface area contributed by atoms with Gasteiger partial charge in [-0.25, -0.2) is 0 Å². The Hall–Kier alpha value is 0.137. The summed E-state index contributed by atoms with van der Waals surface area (Å²) >= 11 is 0. The van der Waals surface area contributed by atoms with E-state index in [1.165, 1.54) is 37.8 Å². The summed E-state index contributed by atoms with van der Waals surface area (Å²) in [5.41, 5.74) is 0. The fraction of sp³-hybridized carbons (Fsp3) is 1.00. The van der Waals surface area contributed by atoms with Crippen LogP contribution in [-0.4, -0.2) is 21.8 Å². The van der Waals surface area contributed by atoms with Crippen molar-refractivity contribution in [2.75, 3.05) is 13.2 Å². The molecule has 0 aliphatic heterocycles. The summed E-state index contributed by atoms with van der Waals surface area (Å²) in [6.45, 7) is 15.4. The lowest BCUT2D eigenvalue weighted by Crippen LogP contribution is -2.43. The minimum atomic E-state index is -2.00. The molecule has 0 aromatic rings. The van der Waals surface area contributed by atoms with Crippen molar-refractivity contribution in [3.05, 3.63) is 0 Å². The third kappa shape index (κ3) is 9.70. The van der Waals surface area contributed by atoms with Crippen molar-refractivity contribution in [3.8, 4) is 0 Å². The van der Waals surface area contributed by atoms with E-state index >= 15 is 0 Å². The van der Waals surface area contributed by atoms with Crippen molar-refractivity contribution in [1.29, 1.82) is 0 Å². The van der Waals surface area contributed by atoms with E-state index in [4.69, 9.17) is 8.85 Å². The molecule has 0 aliphatic carbocycles. The summed E-state index contributed by atoms with van der Waals surface area (Å²) in [6.07, 6.45) is 7.23. The highest BCUT2D eigenvalue weighted by atomic mass is 28.4. The maximum absolute atomic E-state index is 6.39. The molecule has 0 aromatic carbocycles. The maximum atomic E-state index is 6.39. The fourth-order valence-electron chi connectivity index (χ4n) is 2.37. The first-order valence-electron chi connectivity index (χ1n) is 9.31. The molecule has 0 saturated heterocycles. The highest BCUT2D eigenvalue weighted by molar-refractivity contribution is 6.67. The van der Waals surface area contributed by atoms with Crippen LogP contribution in [0.3, 0.4) is 0 Å². The molecular formula is C18H40O2Si. The highest BCUT2D eigenvalue weighted by Gasteiger charge is 2.37. The molecule has 3 heteroatoms. The lowest BCUT2D eigenvalue weighted by Gasteiger charge is -2.32. The van der Waals surface area contributed by atoms with E-state index < -0.39 is 8.56 Å². The zero-order valence-electron chi connectivity index (χ0n) is 15.5. The van der Waals surface area contributed by atoms with Gasteiger partial charge in [0, 0.05) is 13.2 Å². The van der Waals surface area contributed by atoms with Crippen LogP contribution in [0.15, 0.2) is 0 Å². The zero-order chi connectivity index (χ0) is 16.1. The van der Waals surface area contributed by atoms with Gasteiger partial charge in [-0.15, -0.1) is 0 Å². The topological polar surface area (TPSA) is 18.5 Å². The van der Waals surface area contributed by atoms with E-state index in [1.54, 1.807) is 0 Å². The summed E-state index contributed by atoms with van der Waals surface area (Å²) in [5, 5.41) is 0. The minimum Gasteiger partial charge on any atom is -0.394 e. The van der Waals surface area contributed by atoms with Gasteiger partial charge in [-0.05, 0) is 49.6 Å². The molecule has 0 rings (SSSR count). The molecule has 128 valence electrons. The van der Waals surface area contributed by atoms with Gasteiger partial charge in [0.25, 0.3) is 0 Å². The van der Waals surface area contributed by atoms with Crippen LogP contribution in [-0.2, 0) is 8.85 Å². The van der Waals surface area contributed by atoms with Gasteiger partial charge < -0.3 is 8.85 Å². The first kappa shape index (κ1) is 21.1. The van der Waals surface area contributed by atoms with Crippen LogP contribution in [0.25, 0.3) is 0 Å². The van der Waals surface area contributed by atoms with Crippen LogP contribution >= 0.6 is 0 Å². The Bertz CT molecular complexity index is 209. The summed E-state index contributed by atoms with van der Waals surface area (Å²) in [7, 11) is -2.00. The quantitative estimate of drug-likeness (QED) is 0.358. The maximum Gasteiger partial charge on any atom is 0.338 e. The van der Waals surface area contributed by atoms with Gasteiger partial charge in [0.15, 0.2) is 0 Å². The predicted octanol–water partition coefficient (Wildman–Crippen LogP) is 6.15. The second-order valence-electron chi connectivity index (χ2n) is 6.71. The number of hydrogen-bond donors (Lipinski definition) is 0. The van der Waals surface area contributed by atoms with E-state index in [9.17, 15) is 0 Å². The molecule has 0 N–H and O–H groups in total. The van der Waals surface area contributed by atoms with Crippen LogP contribution in [0.5, 0.6) is 0 Å². The van der Waals surface area contributed by atoms with Crippen molar-refractivity contribution in [1.82, 2.24) is 0 Å². The Balaban J connectivity index is 4.73. The Morgan fingerprint density at radius 1 is 0.714 bits per heavy atom. The second kappa shape index (κ2) is 12.7. The van der Waals surface area contributed by atoms with Gasteiger partial charge in [-0.2, -0.15) is 0 Å². The van der Waals surface area contributed by atoms with E-state index in [1.807, 2.05) is 0 Å². The molecule has 2 nitrogen and oxygen atoms in total.